The van der Waals surface area contributed by atoms with Crippen molar-refractivity contribution in [1.29, 1.82) is 0 Å². The van der Waals surface area contributed by atoms with Crippen LogP contribution in [0.3, 0.4) is 0 Å². The topological polar surface area (TPSA) is 182 Å². The molecule has 1 saturated heterocycles. The van der Waals surface area contributed by atoms with Crippen molar-refractivity contribution in [1.82, 2.24) is 14.9 Å². The number of H-pyrrole nitrogens is 1. The van der Waals surface area contributed by atoms with Gasteiger partial charge in [0.05, 0.1) is 25.1 Å². The normalized spacial score (nSPS) is 22.4. The number of hydrogen-bond acceptors (Lipinski definition) is 8. The fraction of sp³-hybridized carbons (Fsp3) is 0.421. The molecule has 2 heterocycles. The number of carboxylic acids is 1. The zero-order valence-electron chi connectivity index (χ0n) is 16.7. The van der Waals surface area contributed by atoms with Gasteiger partial charge in [0.2, 0.25) is 5.91 Å². The minimum Gasteiger partial charge on any atom is -0.507 e. The Kier molecular flexibility index (Phi) is 5.16. The van der Waals surface area contributed by atoms with Crippen LogP contribution in [0.1, 0.15) is 40.9 Å². The summed E-state index contributed by atoms with van der Waals surface area (Å²) in [6, 6.07) is 2.97. The number of imidazole rings is 1. The van der Waals surface area contributed by atoms with E-state index < -0.39 is 36.3 Å². The molecule has 1 aromatic carbocycles. The molecule has 1 aliphatic heterocycles. The number of rotatable bonds is 7. The molecule has 3 atom stereocenters. The van der Waals surface area contributed by atoms with Crippen LogP contribution in [0.2, 0.25) is 5.82 Å². The Hall–Kier alpha value is -3.09. The van der Waals surface area contributed by atoms with Crippen LogP contribution in [0.25, 0.3) is 0 Å². The van der Waals surface area contributed by atoms with Gasteiger partial charge in [-0.1, -0.05) is 6.07 Å². The summed E-state index contributed by atoms with van der Waals surface area (Å²) < 4.78 is 5.74. The molecule has 164 valence electrons. The quantitative estimate of drug-likeness (QED) is 0.319. The molecule has 2 aliphatic rings. The molecule has 12 heteroatoms. The van der Waals surface area contributed by atoms with Gasteiger partial charge in [-0.2, -0.15) is 0 Å². The molecule has 7 N–H and O–H groups in total. The largest absolute Gasteiger partial charge is 0.507 e. The van der Waals surface area contributed by atoms with Crippen molar-refractivity contribution in [2.45, 2.75) is 36.7 Å². The van der Waals surface area contributed by atoms with Crippen LogP contribution in [-0.4, -0.2) is 73.3 Å². The lowest BCUT2D eigenvalue weighted by molar-refractivity contribution is -0.145. The predicted molar refractivity (Wildman–Crippen MR) is 107 cm³/mol. The maximum Gasteiger partial charge on any atom is 0.455 e. The first-order valence-corrected chi connectivity index (χ1v) is 9.80. The highest BCUT2D eigenvalue weighted by atomic mass is 16.5. The first kappa shape index (κ1) is 21.2. The zero-order valence-corrected chi connectivity index (χ0v) is 16.7. The molecule has 2 fully saturated rings. The number of carbonyl (C=O) groups is 2. The van der Waals surface area contributed by atoms with Crippen LogP contribution in [-0.2, 0) is 10.3 Å². The lowest BCUT2D eigenvalue weighted by atomic mass is 9.81. The Bertz CT molecular complexity index is 1000. The van der Waals surface area contributed by atoms with E-state index >= 15 is 0 Å². The van der Waals surface area contributed by atoms with E-state index in [-0.39, 0.29) is 36.2 Å². The zero-order chi connectivity index (χ0) is 22.5. The third-order valence-corrected chi connectivity index (χ3v) is 5.91. The number of aromatic hydroxyl groups is 1. The standard InChI is InChI=1S/C19H23BN4O7/c1-19(21,14-5-22-8-23-14)18(28)24-6-9(7-24)31-13-3-2-10(11-4-12(11)20(29)30)16(25)15(13)17(26)27/h2-3,5,8-9,11-12,25,29-30H,4,6-7,21H2,1H3,(H,22,23)(H,26,27)/t11-,12-,19?/m1/s1. The molecule has 1 amide bonds. The number of hydrogen-bond donors (Lipinski definition) is 6. The molecule has 1 saturated carbocycles. The first-order chi connectivity index (χ1) is 14.6. The van der Waals surface area contributed by atoms with E-state index in [9.17, 15) is 29.9 Å². The number of carbonyl (C=O) groups excluding carboxylic acids is 1. The molecule has 0 radical (unpaired) electrons. The number of aromatic nitrogens is 2. The summed E-state index contributed by atoms with van der Waals surface area (Å²) in [6.07, 6.45) is 2.97. The molecular weight excluding hydrogens is 407 g/mol. The molecule has 0 spiro atoms. The minimum absolute atomic E-state index is 0.0181. The van der Waals surface area contributed by atoms with Gasteiger partial charge >= 0.3 is 13.1 Å². The highest BCUT2D eigenvalue weighted by molar-refractivity contribution is 6.44. The number of benzene rings is 1. The average molecular weight is 430 g/mol. The van der Waals surface area contributed by atoms with Gasteiger partial charge in [0.15, 0.2) is 0 Å². The number of aromatic carboxylic acids is 1. The number of likely N-dealkylation sites (tertiary alicyclic amines) is 1. The van der Waals surface area contributed by atoms with Gasteiger partial charge in [0.25, 0.3) is 0 Å². The summed E-state index contributed by atoms with van der Waals surface area (Å²) in [4.78, 5) is 32.7. The molecule has 1 aromatic heterocycles. The van der Waals surface area contributed by atoms with Gasteiger partial charge in [-0.15, -0.1) is 0 Å². The maximum atomic E-state index is 12.7. The van der Waals surface area contributed by atoms with Gasteiger partial charge in [0, 0.05) is 12.0 Å². The number of phenols is 1. The van der Waals surface area contributed by atoms with Gasteiger partial charge < -0.3 is 40.6 Å². The van der Waals surface area contributed by atoms with Crippen LogP contribution < -0.4 is 10.5 Å². The van der Waals surface area contributed by atoms with Crippen LogP contribution in [0.4, 0.5) is 0 Å². The number of nitrogens with zero attached hydrogens (tertiary/aromatic N) is 2. The van der Waals surface area contributed by atoms with Crippen molar-refractivity contribution in [3.8, 4) is 11.5 Å². The fourth-order valence-electron chi connectivity index (χ4n) is 3.93. The number of nitrogens with one attached hydrogen (secondary N) is 1. The number of nitrogens with two attached hydrogens (primary N) is 1. The Labute approximate surface area is 177 Å². The Morgan fingerprint density at radius 1 is 1.35 bits per heavy atom. The Morgan fingerprint density at radius 2 is 2.06 bits per heavy atom. The van der Waals surface area contributed by atoms with E-state index in [1.807, 2.05) is 0 Å². The molecule has 11 nitrogen and oxygen atoms in total. The summed E-state index contributed by atoms with van der Waals surface area (Å²) in [5.41, 5.74) is 5.19. The second-order valence-corrected chi connectivity index (χ2v) is 8.21. The second kappa shape index (κ2) is 7.55. The van der Waals surface area contributed by atoms with Crippen LogP contribution in [0, 0.1) is 0 Å². The summed E-state index contributed by atoms with van der Waals surface area (Å²) in [5.74, 6) is -2.93. The number of aromatic amines is 1. The van der Waals surface area contributed by atoms with Gasteiger partial charge in [-0.25, -0.2) is 9.78 Å². The van der Waals surface area contributed by atoms with Crippen molar-refractivity contribution >= 4 is 19.0 Å². The average Bonchev–Trinajstić information content (AvgIpc) is 3.26. The Balaban J connectivity index is 1.44. The minimum atomic E-state index is -1.53. The van der Waals surface area contributed by atoms with Gasteiger partial charge in [-0.05, 0) is 30.9 Å². The number of carboxylic acid groups (broad SMARTS) is 1. The van der Waals surface area contributed by atoms with Crippen molar-refractivity contribution in [3.05, 3.63) is 41.5 Å². The van der Waals surface area contributed by atoms with Crippen LogP contribution in [0.15, 0.2) is 24.7 Å². The van der Waals surface area contributed by atoms with Crippen molar-refractivity contribution in [2.75, 3.05) is 13.1 Å². The molecule has 31 heavy (non-hydrogen) atoms. The van der Waals surface area contributed by atoms with Crippen LogP contribution in [0.5, 0.6) is 11.5 Å². The third kappa shape index (κ3) is 3.73. The first-order valence-electron chi connectivity index (χ1n) is 9.80. The molecule has 4 rings (SSSR count). The molecule has 1 unspecified atom stereocenters. The van der Waals surface area contributed by atoms with E-state index in [2.05, 4.69) is 9.97 Å². The summed E-state index contributed by atoms with van der Waals surface area (Å²) in [5, 5.41) is 38.6. The number of amides is 1. The number of ether oxygens (including phenoxy) is 1. The molecule has 1 aliphatic carbocycles. The monoisotopic (exact) mass is 430 g/mol. The van der Waals surface area contributed by atoms with Gasteiger partial charge in [-0.3, -0.25) is 4.79 Å². The lowest BCUT2D eigenvalue weighted by Crippen LogP contribution is -2.62. The summed E-state index contributed by atoms with van der Waals surface area (Å²) in [7, 11) is -1.53. The van der Waals surface area contributed by atoms with E-state index in [4.69, 9.17) is 10.5 Å². The summed E-state index contributed by atoms with van der Waals surface area (Å²) >= 11 is 0. The Morgan fingerprint density at radius 3 is 2.61 bits per heavy atom. The van der Waals surface area contributed by atoms with Crippen molar-refractivity contribution in [2.24, 2.45) is 5.73 Å². The van der Waals surface area contributed by atoms with E-state index in [1.165, 1.54) is 23.4 Å². The van der Waals surface area contributed by atoms with Crippen molar-refractivity contribution < 1.29 is 34.6 Å². The predicted octanol–water partition coefficient (Wildman–Crippen LogP) is -0.392. The van der Waals surface area contributed by atoms with Crippen LogP contribution >= 0.6 is 0 Å². The van der Waals surface area contributed by atoms with E-state index in [1.54, 1.807) is 13.1 Å². The fourth-order valence-corrected chi connectivity index (χ4v) is 3.93. The highest BCUT2D eigenvalue weighted by Crippen LogP contribution is 2.56. The van der Waals surface area contributed by atoms with E-state index in [0.717, 1.165) is 0 Å². The summed E-state index contributed by atoms with van der Waals surface area (Å²) in [6.45, 7) is 1.98. The van der Waals surface area contributed by atoms with E-state index in [0.29, 0.717) is 17.7 Å². The van der Waals surface area contributed by atoms with Crippen molar-refractivity contribution in [3.63, 3.8) is 0 Å². The lowest BCUT2D eigenvalue weighted by Gasteiger charge is -2.42. The SMILES string of the molecule is CC(N)(C(=O)N1CC(Oc2ccc([C@H]3C[C@H]3B(O)O)c(O)c2C(=O)O)C1)c1c[nH]cn1. The smallest absolute Gasteiger partial charge is 0.455 e. The second-order valence-electron chi connectivity index (χ2n) is 8.21. The van der Waals surface area contributed by atoms with Gasteiger partial charge in [0.1, 0.15) is 28.7 Å². The molecule has 0 bridgehead atoms. The highest BCUT2D eigenvalue weighted by Gasteiger charge is 2.48. The molecular formula is C19H23BN4O7. The maximum absolute atomic E-state index is 12.7. The molecule has 2 aromatic rings. The third-order valence-electron chi connectivity index (χ3n) is 5.91.